The second kappa shape index (κ2) is 9.63. The summed E-state index contributed by atoms with van der Waals surface area (Å²) in [5.74, 6) is 0. The minimum atomic E-state index is 0.864. The molecular formula is C14H22BrNO. The smallest absolute Gasteiger partial charge is 0.0478 e. The number of unbranched alkanes of at least 4 members (excludes halogenated alkanes) is 1. The van der Waals surface area contributed by atoms with Crippen LogP contribution in [0.25, 0.3) is 0 Å². The maximum atomic E-state index is 5.50. The molecule has 1 N–H and O–H groups in total. The van der Waals surface area contributed by atoms with Crippen LogP contribution in [0.2, 0.25) is 0 Å². The Labute approximate surface area is 113 Å². The molecule has 0 bridgehead atoms. The highest BCUT2D eigenvalue weighted by atomic mass is 79.9. The average Bonchev–Trinajstić information content (AvgIpc) is 2.35. The van der Waals surface area contributed by atoms with Gasteiger partial charge in [0.15, 0.2) is 0 Å². The Morgan fingerprint density at radius 1 is 1.18 bits per heavy atom. The van der Waals surface area contributed by atoms with Crippen molar-refractivity contribution in [2.24, 2.45) is 0 Å². The molecule has 0 fully saturated rings. The van der Waals surface area contributed by atoms with Crippen LogP contribution in [0.15, 0.2) is 28.7 Å². The van der Waals surface area contributed by atoms with Gasteiger partial charge in [0.05, 0.1) is 0 Å². The molecule has 1 rings (SSSR count). The highest BCUT2D eigenvalue weighted by molar-refractivity contribution is 9.10. The van der Waals surface area contributed by atoms with Gasteiger partial charge in [-0.3, -0.25) is 0 Å². The molecule has 0 spiro atoms. The molecule has 0 aliphatic carbocycles. The van der Waals surface area contributed by atoms with E-state index in [9.17, 15) is 0 Å². The minimum absolute atomic E-state index is 0.864. The van der Waals surface area contributed by atoms with Crippen molar-refractivity contribution < 1.29 is 4.74 Å². The minimum Gasteiger partial charge on any atom is -0.381 e. The Balaban J connectivity index is 1.99. The van der Waals surface area contributed by atoms with Crippen LogP contribution in [0.1, 0.15) is 31.7 Å². The summed E-state index contributed by atoms with van der Waals surface area (Å²) < 4.78 is 6.67. The Morgan fingerprint density at radius 2 is 1.94 bits per heavy atom. The number of nitrogens with one attached hydrogen (secondary N) is 1. The van der Waals surface area contributed by atoms with E-state index >= 15 is 0 Å². The van der Waals surface area contributed by atoms with E-state index < -0.39 is 0 Å². The predicted molar refractivity (Wildman–Crippen MR) is 76.2 cm³/mol. The van der Waals surface area contributed by atoms with Crippen LogP contribution in [0.3, 0.4) is 0 Å². The monoisotopic (exact) mass is 299 g/mol. The van der Waals surface area contributed by atoms with Crippen molar-refractivity contribution in [2.75, 3.05) is 19.8 Å². The van der Waals surface area contributed by atoms with E-state index in [0.717, 1.165) is 32.7 Å². The molecular weight excluding hydrogens is 278 g/mol. The number of rotatable bonds is 9. The van der Waals surface area contributed by atoms with Gasteiger partial charge in [0, 0.05) is 24.2 Å². The Hall–Kier alpha value is -0.380. The standard InChI is InChI=1S/C14H22BrNO/c1-2-3-10-17-11-6-9-16-12-13-7-4-5-8-14(13)15/h4-5,7-8,16H,2-3,6,9-12H2,1H3. The first-order valence-corrected chi connectivity index (χ1v) is 7.15. The Kier molecular flexibility index (Phi) is 8.32. The third-order valence-electron chi connectivity index (χ3n) is 2.56. The Morgan fingerprint density at radius 3 is 2.71 bits per heavy atom. The molecule has 0 saturated carbocycles. The summed E-state index contributed by atoms with van der Waals surface area (Å²) >= 11 is 3.54. The van der Waals surface area contributed by atoms with Crippen LogP contribution in [-0.4, -0.2) is 19.8 Å². The summed E-state index contributed by atoms with van der Waals surface area (Å²) in [7, 11) is 0. The number of ether oxygens (including phenoxy) is 1. The summed E-state index contributed by atoms with van der Waals surface area (Å²) in [6, 6.07) is 8.31. The highest BCUT2D eigenvalue weighted by Gasteiger charge is 1.97. The largest absolute Gasteiger partial charge is 0.381 e. The normalized spacial score (nSPS) is 10.7. The van der Waals surface area contributed by atoms with Crippen LogP contribution >= 0.6 is 15.9 Å². The fraction of sp³-hybridized carbons (Fsp3) is 0.571. The first kappa shape index (κ1) is 14.7. The molecule has 1 aromatic carbocycles. The zero-order valence-electron chi connectivity index (χ0n) is 10.5. The van der Waals surface area contributed by atoms with E-state index in [1.54, 1.807) is 0 Å². The molecule has 0 aromatic heterocycles. The van der Waals surface area contributed by atoms with Crippen LogP contribution < -0.4 is 5.32 Å². The zero-order valence-corrected chi connectivity index (χ0v) is 12.1. The van der Waals surface area contributed by atoms with E-state index in [0.29, 0.717) is 0 Å². The van der Waals surface area contributed by atoms with Crippen LogP contribution in [0, 0.1) is 0 Å². The van der Waals surface area contributed by atoms with Crippen molar-refractivity contribution in [1.29, 1.82) is 0 Å². The van der Waals surface area contributed by atoms with Gasteiger partial charge in [0.25, 0.3) is 0 Å². The highest BCUT2D eigenvalue weighted by Crippen LogP contribution is 2.15. The van der Waals surface area contributed by atoms with Gasteiger partial charge in [0.2, 0.25) is 0 Å². The fourth-order valence-electron chi connectivity index (χ4n) is 1.51. The first-order valence-electron chi connectivity index (χ1n) is 6.36. The number of hydrogen-bond acceptors (Lipinski definition) is 2. The molecule has 0 amide bonds. The summed E-state index contributed by atoms with van der Waals surface area (Å²) in [6.07, 6.45) is 3.46. The molecule has 0 aliphatic rings. The molecule has 3 heteroatoms. The summed E-state index contributed by atoms with van der Waals surface area (Å²) in [5.41, 5.74) is 1.31. The van der Waals surface area contributed by atoms with Crippen LogP contribution in [0.5, 0.6) is 0 Å². The molecule has 0 aliphatic heterocycles. The molecule has 0 unspecified atom stereocenters. The summed E-state index contributed by atoms with van der Waals surface area (Å²) in [5, 5.41) is 3.42. The van der Waals surface area contributed by atoms with Gasteiger partial charge in [0.1, 0.15) is 0 Å². The van der Waals surface area contributed by atoms with Gasteiger partial charge in [-0.25, -0.2) is 0 Å². The van der Waals surface area contributed by atoms with E-state index in [2.05, 4.69) is 46.4 Å². The second-order valence-electron chi connectivity index (χ2n) is 4.09. The summed E-state index contributed by atoms with van der Waals surface area (Å²) in [4.78, 5) is 0. The average molecular weight is 300 g/mol. The fourth-order valence-corrected chi connectivity index (χ4v) is 1.94. The molecule has 0 radical (unpaired) electrons. The van der Waals surface area contributed by atoms with Crippen LogP contribution in [0.4, 0.5) is 0 Å². The predicted octanol–water partition coefficient (Wildman–Crippen LogP) is 3.75. The van der Waals surface area contributed by atoms with Gasteiger partial charge < -0.3 is 10.1 Å². The van der Waals surface area contributed by atoms with E-state index in [1.165, 1.54) is 22.9 Å². The molecule has 96 valence electrons. The van der Waals surface area contributed by atoms with Crippen LogP contribution in [-0.2, 0) is 11.3 Å². The lowest BCUT2D eigenvalue weighted by molar-refractivity contribution is 0.129. The lowest BCUT2D eigenvalue weighted by Gasteiger charge is -2.07. The molecule has 0 heterocycles. The van der Waals surface area contributed by atoms with Gasteiger partial charge in [-0.1, -0.05) is 47.5 Å². The third kappa shape index (κ3) is 6.81. The molecule has 17 heavy (non-hydrogen) atoms. The van der Waals surface area contributed by atoms with Gasteiger partial charge in [-0.2, -0.15) is 0 Å². The maximum Gasteiger partial charge on any atom is 0.0478 e. The van der Waals surface area contributed by atoms with Crippen molar-refractivity contribution in [1.82, 2.24) is 5.32 Å². The summed E-state index contributed by atoms with van der Waals surface area (Å²) in [6.45, 7) is 5.87. The third-order valence-corrected chi connectivity index (χ3v) is 3.33. The van der Waals surface area contributed by atoms with Crippen molar-refractivity contribution >= 4 is 15.9 Å². The molecule has 2 nitrogen and oxygen atoms in total. The molecule has 0 saturated heterocycles. The lowest BCUT2D eigenvalue weighted by atomic mass is 10.2. The van der Waals surface area contributed by atoms with Crippen molar-refractivity contribution in [2.45, 2.75) is 32.7 Å². The van der Waals surface area contributed by atoms with E-state index in [-0.39, 0.29) is 0 Å². The van der Waals surface area contributed by atoms with Gasteiger partial charge in [-0.15, -0.1) is 0 Å². The Bertz CT molecular complexity index is 304. The van der Waals surface area contributed by atoms with Crippen molar-refractivity contribution in [3.05, 3.63) is 34.3 Å². The zero-order chi connectivity index (χ0) is 12.3. The number of halogens is 1. The van der Waals surface area contributed by atoms with E-state index in [4.69, 9.17) is 4.74 Å². The topological polar surface area (TPSA) is 21.3 Å². The maximum absolute atomic E-state index is 5.50. The number of benzene rings is 1. The van der Waals surface area contributed by atoms with Gasteiger partial charge in [-0.05, 0) is 31.0 Å². The molecule has 0 atom stereocenters. The molecule has 1 aromatic rings. The van der Waals surface area contributed by atoms with Crippen molar-refractivity contribution in [3.63, 3.8) is 0 Å². The first-order chi connectivity index (χ1) is 8.34. The SMILES string of the molecule is CCCCOCCCNCc1ccccc1Br. The lowest BCUT2D eigenvalue weighted by Crippen LogP contribution is -2.16. The quantitative estimate of drug-likeness (QED) is 0.701. The van der Waals surface area contributed by atoms with Crippen molar-refractivity contribution in [3.8, 4) is 0 Å². The van der Waals surface area contributed by atoms with E-state index in [1.807, 2.05) is 6.07 Å². The van der Waals surface area contributed by atoms with Gasteiger partial charge >= 0.3 is 0 Å². The second-order valence-corrected chi connectivity index (χ2v) is 4.94. The number of hydrogen-bond donors (Lipinski definition) is 1.